The third-order valence-corrected chi connectivity index (χ3v) is 4.73. The van der Waals surface area contributed by atoms with Crippen LogP contribution in [0.3, 0.4) is 0 Å². The molecular weight excluding hydrogens is 314 g/mol. The van der Waals surface area contributed by atoms with Crippen LogP contribution < -0.4 is 11.1 Å². The third kappa shape index (κ3) is 4.87. The van der Waals surface area contributed by atoms with Crippen molar-refractivity contribution in [2.75, 3.05) is 25.1 Å². The molecule has 0 radical (unpaired) electrons. The summed E-state index contributed by atoms with van der Waals surface area (Å²) in [5, 5.41) is 2.93. The standard InChI is InChI=1S/C13H19N3O3S.ClH/c1-20(18,19)16-8-6-12(7-9-16)15-13(17)10-2-4-11(14)5-3-10;/h2-5,12H,6-9,14H2,1H3,(H,15,17);1H. The van der Waals surface area contributed by atoms with Crippen molar-refractivity contribution in [2.24, 2.45) is 0 Å². The molecule has 1 heterocycles. The van der Waals surface area contributed by atoms with Gasteiger partial charge >= 0.3 is 0 Å². The fourth-order valence-corrected chi connectivity index (χ4v) is 3.11. The van der Waals surface area contributed by atoms with Crippen molar-refractivity contribution >= 4 is 34.0 Å². The maximum absolute atomic E-state index is 12.0. The normalized spacial score (nSPS) is 17.0. The summed E-state index contributed by atoms with van der Waals surface area (Å²) < 4.78 is 24.2. The number of benzene rings is 1. The first kappa shape index (κ1) is 17.7. The lowest BCUT2D eigenvalue weighted by Gasteiger charge is -2.30. The molecule has 3 N–H and O–H groups in total. The Morgan fingerprint density at radius 1 is 1.24 bits per heavy atom. The minimum Gasteiger partial charge on any atom is -0.399 e. The molecule has 0 atom stereocenters. The smallest absolute Gasteiger partial charge is 0.251 e. The van der Waals surface area contributed by atoms with Crippen LogP contribution in [-0.4, -0.2) is 44.0 Å². The number of halogens is 1. The van der Waals surface area contributed by atoms with E-state index in [9.17, 15) is 13.2 Å². The SMILES string of the molecule is CS(=O)(=O)N1CCC(NC(=O)c2ccc(N)cc2)CC1.Cl. The molecule has 1 amide bonds. The van der Waals surface area contributed by atoms with Gasteiger partial charge in [0.25, 0.3) is 5.91 Å². The minimum absolute atomic E-state index is 0. The van der Waals surface area contributed by atoms with Crippen LogP contribution in [-0.2, 0) is 10.0 Å². The Hall–Kier alpha value is -1.31. The van der Waals surface area contributed by atoms with Gasteiger partial charge in [-0.05, 0) is 37.1 Å². The second-order valence-corrected chi connectivity index (χ2v) is 7.01. The first-order valence-corrected chi connectivity index (χ1v) is 8.32. The second kappa shape index (κ2) is 7.11. The molecule has 0 aromatic heterocycles. The lowest BCUT2D eigenvalue weighted by atomic mass is 10.1. The Bertz CT molecular complexity index is 581. The van der Waals surface area contributed by atoms with Gasteiger partial charge in [-0.2, -0.15) is 0 Å². The zero-order valence-corrected chi connectivity index (χ0v) is 13.4. The van der Waals surface area contributed by atoms with Gasteiger partial charge in [0.2, 0.25) is 10.0 Å². The van der Waals surface area contributed by atoms with Crippen LogP contribution in [0.4, 0.5) is 5.69 Å². The number of hydrogen-bond acceptors (Lipinski definition) is 4. The molecule has 1 aliphatic rings. The van der Waals surface area contributed by atoms with Crippen LogP contribution in [0.5, 0.6) is 0 Å². The fraction of sp³-hybridized carbons (Fsp3) is 0.462. The summed E-state index contributed by atoms with van der Waals surface area (Å²) in [5.41, 5.74) is 6.75. The average molecular weight is 334 g/mol. The Morgan fingerprint density at radius 3 is 2.24 bits per heavy atom. The highest BCUT2D eigenvalue weighted by Gasteiger charge is 2.25. The van der Waals surface area contributed by atoms with Crippen molar-refractivity contribution in [2.45, 2.75) is 18.9 Å². The van der Waals surface area contributed by atoms with E-state index >= 15 is 0 Å². The number of nitrogens with zero attached hydrogens (tertiary/aromatic N) is 1. The number of piperidine rings is 1. The molecule has 21 heavy (non-hydrogen) atoms. The van der Waals surface area contributed by atoms with E-state index in [2.05, 4.69) is 5.32 Å². The minimum atomic E-state index is -3.13. The molecule has 1 aromatic rings. The number of nitrogen functional groups attached to an aromatic ring is 1. The number of carbonyl (C=O) groups excluding carboxylic acids is 1. The van der Waals surface area contributed by atoms with Gasteiger partial charge in [-0.15, -0.1) is 12.4 Å². The van der Waals surface area contributed by atoms with Crippen molar-refractivity contribution < 1.29 is 13.2 Å². The molecule has 0 spiro atoms. The van der Waals surface area contributed by atoms with E-state index in [-0.39, 0.29) is 24.4 Å². The van der Waals surface area contributed by atoms with Gasteiger partial charge < -0.3 is 11.1 Å². The number of hydrogen-bond donors (Lipinski definition) is 2. The van der Waals surface area contributed by atoms with E-state index in [0.29, 0.717) is 37.2 Å². The first-order chi connectivity index (χ1) is 9.36. The van der Waals surface area contributed by atoms with Gasteiger partial charge in [-0.3, -0.25) is 4.79 Å². The van der Waals surface area contributed by atoms with Gasteiger partial charge in [-0.25, -0.2) is 12.7 Å². The Kier molecular flexibility index (Phi) is 6.00. The Morgan fingerprint density at radius 2 is 1.76 bits per heavy atom. The van der Waals surface area contributed by atoms with Crippen molar-refractivity contribution in [3.63, 3.8) is 0 Å². The molecule has 0 saturated carbocycles. The average Bonchev–Trinajstić information content (AvgIpc) is 2.39. The van der Waals surface area contributed by atoms with Crippen LogP contribution in [0.2, 0.25) is 0 Å². The fourth-order valence-electron chi connectivity index (χ4n) is 2.24. The number of nitrogens with two attached hydrogens (primary N) is 1. The number of anilines is 1. The molecule has 0 aliphatic carbocycles. The summed E-state index contributed by atoms with van der Waals surface area (Å²) in [6.45, 7) is 0.900. The first-order valence-electron chi connectivity index (χ1n) is 6.48. The van der Waals surface area contributed by atoms with E-state index in [1.165, 1.54) is 10.6 Å². The topological polar surface area (TPSA) is 92.5 Å². The third-order valence-electron chi connectivity index (χ3n) is 3.43. The van der Waals surface area contributed by atoms with E-state index in [1.54, 1.807) is 24.3 Å². The van der Waals surface area contributed by atoms with Crippen molar-refractivity contribution in [3.05, 3.63) is 29.8 Å². The molecule has 118 valence electrons. The number of amides is 1. The molecule has 2 rings (SSSR count). The highest BCUT2D eigenvalue weighted by Crippen LogP contribution is 2.14. The van der Waals surface area contributed by atoms with Gasteiger partial charge in [0.05, 0.1) is 6.26 Å². The molecule has 1 aromatic carbocycles. The largest absolute Gasteiger partial charge is 0.399 e. The summed E-state index contributed by atoms with van der Waals surface area (Å²) in [7, 11) is -3.13. The summed E-state index contributed by atoms with van der Waals surface area (Å²) >= 11 is 0. The summed E-state index contributed by atoms with van der Waals surface area (Å²) in [5.74, 6) is -0.150. The quantitative estimate of drug-likeness (QED) is 0.802. The summed E-state index contributed by atoms with van der Waals surface area (Å²) in [4.78, 5) is 12.0. The second-order valence-electron chi connectivity index (χ2n) is 5.03. The Labute approximate surface area is 131 Å². The Balaban J connectivity index is 0.00000220. The predicted octanol–water partition coefficient (Wildman–Crippen LogP) is 0.844. The molecule has 1 fully saturated rings. The number of nitrogens with one attached hydrogen (secondary N) is 1. The van der Waals surface area contributed by atoms with Crippen LogP contribution >= 0.6 is 12.4 Å². The summed E-state index contributed by atoms with van der Waals surface area (Å²) in [6, 6.07) is 6.73. The maximum Gasteiger partial charge on any atom is 0.251 e. The van der Waals surface area contributed by atoms with E-state index in [4.69, 9.17) is 5.73 Å². The number of sulfonamides is 1. The molecule has 0 unspecified atom stereocenters. The lowest BCUT2D eigenvalue weighted by Crippen LogP contribution is -2.46. The van der Waals surface area contributed by atoms with E-state index < -0.39 is 10.0 Å². The molecule has 1 aliphatic heterocycles. The zero-order chi connectivity index (χ0) is 14.8. The van der Waals surface area contributed by atoms with E-state index in [1.807, 2.05) is 0 Å². The van der Waals surface area contributed by atoms with Gasteiger partial charge in [0, 0.05) is 30.4 Å². The zero-order valence-electron chi connectivity index (χ0n) is 11.8. The van der Waals surface area contributed by atoms with Crippen molar-refractivity contribution in [1.29, 1.82) is 0 Å². The van der Waals surface area contributed by atoms with Crippen LogP contribution in [0.25, 0.3) is 0 Å². The van der Waals surface area contributed by atoms with Crippen LogP contribution in [0.1, 0.15) is 23.2 Å². The monoisotopic (exact) mass is 333 g/mol. The number of carbonyl (C=O) groups is 1. The number of rotatable bonds is 3. The molecule has 1 saturated heterocycles. The molecule has 6 nitrogen and oxygen atoms in total. The summed E-state index contributed by atoms with van der Waals surface area (Å²) in [6.07, 6.45) is 2.47. The molecule has 8 heteroatoms. The van der Waals surface area contributed by atoms with Gasteiger partial charge in [0.1, 0.15) is 0 Å². The van der Waals surface area contributed by atoms with Crippen LogP contribution in [0, 0.1) is 0 Å². The van der Waals surface area contributed by atoms with Gasteiger partial charge in [-0.1, -0.05) is 0 Å². The molecular formula is C13H20ClN3O3S. The highest BCUT2D eigenvalue weighted by atomic mass is 35.5. The van der Waals surface area contributed by atoms with E-state index in [0.717, 1.165) is 0 Å². The molecule has 0 bridgehead atoms. The van der Waals surface area contributed by atoms with Crippen molar-refractivity contribution in [1.82, 2.24) is 9.62 Å². The van der Waals surface area contributed by atoms with Gasteiger partial charge in [0.15, 0.2) is 0 Å². The predicted molar refractivity (Wildman–Crippen MR) is 85.0 cm³/mol. The van der Waals surface area contributed by atoms with Crippen LogP contribution in [0.15, 0.2) is 24.3 Å². The lowest BCUT2D eigenvalue weighted by molar-refractivity contribution is 0.0924. The maximum atomic E-state index is 12.0. The van der Waals surface area contributed by atoms with Crippen molar-refractivity contribution in [3.8, 4) is 0 Å². The highest BCUT2D eigenvalue weighted by molar-refractivity contribution is 7.88.